The van der Waals surface area contributed by atoms with E-state index in [-0.39, 0.29) is 0 Å². The second-order valence-corrected chi connectivity index (χ2v) is 7.04. The lowest BCUT2D eigenvalue weighted by Crippen LogP contribution is -1.98. The fraction of sp³-hybridized carbons (Fsp3) is 0.130. The largest absolute Gasteiger partial charge is 0.471 e. The minimum Gasteiger partial charge on any atom is -0.471 e. The zero-order valence-electron chi connectivity index (χ0n) is 16.6. The smallest absolute Gasteiger partial charge is 0.265 e. The zero-order chi connectivity index (χ0) is 20.5. The molecular formula is C23H19N5O2. The van der Waals surface area contributed by atoms with Crippen LogP contribution in [0.15, 0.2) is 71.4 Å². The standard InChI is InChI=1S/C23H19N5O2/c1-15-24-22(30-27-15)19-13-28(2)26-23(19)29-14-16-7-9-18(10-8-16)21-12-11-17-5-3-4-6-20(17)25-21/h3-13H,14H2,1-2H3. The summed E-state index contributed by atoms with van der Waals surface area (Å²) < 4.78 is 12.9. The topological polar surface area (TPSA) is 78.9 Å². The average molecular weight is 397 g/mol. The van der Waals surface area contributed by atoms with Crippen molar-refractivity contribution in [1.29, 1.82) is 0 Å². The van der Waals surface area contributed by atoms with E-state index in [1.165, 1.54) is 0 Å². The van der Waals surface area contributed by atoms with Crippen LogP contribution in [-0.2, 0) is 13.7 Å². The molecule has 2 aromatic carbocycles. The highest BCUT2D eigenvalue weighted by molar-refractivity contribution is 5.81. The number of pyridine rings is 1. The number of hydrogen-bond donors (Lipinski definition) is 0. The van der Waals surface area contributed by atoms with Crippen LogP contribution in [-0.4, -0.2) is 24.9 Å². The van der Waals surface area contributed by atoms with Gasteiger partial charge < -0.3 is 9.26 Å². The van der Waals surface area contributed by atoms with E-state index in [2.05, 4.69) is 39.5 Å². The normalized spacial score (nSPS) is 11.1. The molecule has 7 nitrogen and oxygen atoms in total. The summed E-state index contributed by atoms with van der Waals surface area (Å²) in [5, 5.41) is 9.33. The van der Waals surface area contributed by atoms with Gasteiger partial charge in [-0.15, -0.1) is 5.10 Å². The van der Waals surface area contributed by atoms with Gasteiger partial charge in [0, 0.05) is 24.2 Å². The number of ether oxygens (including phenoxy) is 1. The molecule has 30 heavy (non-hydrogen) atoms. The predicted molar refractivity (Wildman–Crippen MR) is 113 cm³/mol. The zero-order valence-corrected chi connectivity index (χ0v) is 16.6. The van der Waals surface area contributed by atoms with E-state index in [9.17, 15) is 0 Å². The second kappa shape index (κ2) is 7.44. The highest BCUT2D eigenvalue weighted by atomic mass is 16.5. The first-order valence-electron chi connectivity index (χ1n) is 9.58. The molecule has 5 aromatic rings. The van der Waals surface area contributed by atoms with Crippen LogP contribution in [0.3, 0.4) is 0 Å². The summed E-state index contributed by atoms with van der Waals surface area (Å²) in [7, 11) is 1.82. The maximum absolute atomic E-state index is 5.94. The van der Waals surface area contributed by atoms with Crippen molar-refractivity contribution in [2.45, 2.75) is 13.5 Å². The van der Waals surface area contributed by atoms with E-state index >= 15 is 0 Å². The first kappa shape index (κ1) is 18.1. The Hall–Kier alpha value is -4.00. The Morgan fingerprint density at radius 3 is 2.60 bits per heavy atom. The molecule has 0 aliphatic heterocycles. The molecule has 0 aliphatic rings. The van der Waals surface area contributed by atoms with Crippen molar-refractivity contribution in [1.82, 2.24) is 24.9 Å². The van der Waals surface area contributed by atoms with Crippen LogP contribution in [0.25, 0.3) is 33.6 Å². The molecule has 0 saturated carbocycles. The Morgan fingerprint density at radius 2 is 1.80 bits per heavy atom. The van der Waals surface area contributed by atoms with Gasteiger partial charge in [-0.3, -0.25) is 4.68 Å². The molecule has 0 radical (unpaired) electrons. The van der Waals surface area contributed by atoms with E-state index in [0.717, 1.165) is 27.7 Å². The van der Waals surface area contributed by atoms with Crippen molar-refractivity contribution in [2.75, 3.05) is 0 Å². The van der Waals surface area contributed by atoms with Crippen molar-refractivity contribution in [3.8, 4) is 28.6 Å². The van der Waals surface area contributed by atoms with E-state index in [0.29, 0.717) is 29.8 Å². The summed E-state index contributed by atoms with van der Waals surface area (Å²) in [6.07, 6.45) is 1.80. The molecule has 3 heterocycles. The summed E-state index contributed by atoms with van der Waals surface area (Å²) in [5.41, 5.74) is 4.69. The highest BCUT2D eigenvalue weighted by Gasteiger charge is 2.17. The Kier molecular flexibility index (Phi) is 4.48. The third-order valence-electron chi connectivity index (χ3n) is 4.78. The molecule has 7 heteroatoms. The first-order valence-corrected chi connectivity index (χ1v) is 9.58. The second-order valence-electron chi connectivity index (χ2n) is 7.04. The number of benzene rings is 2. The number of rotatable bonds is 5. The van der Waals surface area contributed by atoms with Crippen LogP contribution in [0.1, 0.15) is 11.4 Å². The van der Waals surface area contributed by atoms with Gasteiger partial charge in [0.2, 0.25) is 5.88 Å². The summed E-state index contributed by atoms with van der Waals surface area (Å²) in [6, 6.07) is 20.4. The van der Waals surface area contributed by atoms with E-state index in [4.69, 9.17) is 14.2 Å². The van der Waals surface area contributed by atoms with Gasteiger partial charge in [-0.2, -0.15) is 4.98 Å². The van der Waals surface area contributed by atoms with Crippen molar-refractivity contribution in [2.24, 2.45) is 7.05 Å². The van der Waals surface area contributed by atoms with E-state index in [1.54, 1.807) is 17.8 Å². The molecule has 0 amide bonds. The van der Waals surface area contributed by atoms with Crippen molar-refractivity contribution in [3.05, 3.63) is 78.2 Å². The average Bonchev–Trinajstić information content (AvgIpc) is 3.37. The van der Waals surface area contributed by atoms with Gasteiger partial charge in [0.25, 0.3) is 5.89 Å². The number of aryl methyl sites for hydroxylation is 2. The van der Waals surface area contributed by atoms with Crippen LogP contribution in [0.5, 0.6) is 5.88 Å². The molecule has 0 N–H and O–H groups in total. The van der Waals surface area contributed by atoms with Gasteiger partial charge in [0.15, 0.2) is 5.82 Å². The predicted octanol–water partition coefficient (Wildman–Crippen LogP) is 4.57. The summed E-state index contributed by atoms with van der Waals surface area (Å²) in [4.78, 5) is 9.01. The Morgan fingerprint density at radius 1 is 0.967 bits per heavy atom. The van der Waals surface area contributed by atoms with Gasteiger partial charge in [0.1, 0.15) is 12.2 Å². The Balaban J connectivity index is 1.33. The van der Waals surface area contributed by atoms with Gasteiger partial charge in [0.05, 0.1) is 11.2 Å². The molecule has 3 aromatic heterocycles. The quantitative estimate of drug-likeness (QED) is 0.432. The van der Waals surface area contributed by atoms with Gasteiger partial charge in [-0.1, -0.05) is 53.7 Å². The maximum Gasteiger partial charge on any atom is 0.265 e. The van der Waals surface area contributed by atoms with Gasteiger partial charge in [-0.05, 0) is 24.6 Å². The molecule has 148 valence electrons. The molecule has 0 unspecified atom stereocenters. The van der Waals surface area contributed by atoms with E-state index < -0.39 is 0 Å². The SMILES string of the molecule is Cc1noc(-c2cn(C)nc2OCc2ccc(-c3ccc4ccccc4n3)cc2)n1. The molecule has 5 rings (SSSR count). The maximum atomic E-state index is 5.94. The number of fused-ring (bicyclic) bond motifs is 1. The van der Waals surface area contributed by atoms with Crippen LogP contribution in [0.2, 0.25) is 0 Å². The summed E-state index contributed by atoms with van der Waals surface area (Å²) in [6.45, 7) is 2.15. The third kappa shape index (κ3) is 3.53. The Bertz CT molecular complexity index is 1320. The monoisotopic (exact) mass is 397 g/mol. The molecule has 0 aliphatic carbocycles. The lowest BCUT2D eigenvalue weighted by Gasteiger charge is -2.07. The lowest BCUT2D eigenvalue weighted by molar-refractivity contribution is 0.290. The minimum atomic E-state index is 0.378. The van der Waals surface area contributed by atoms with Crippen molar-refractivity contribution >= 4 is 10.9 Å². The molecule has 0 saturated heterocycles. The van der Waals surface area contributed by atoms with Crippen LogP contribution in [0.4, 0.5) is 0 Å². The first-order chi connectivity index (χ1) is 14.7. The molecule has 0 bridgehead atoms. The van der Waals surface area contributed by atoms with Crippen molar-refractivity contribution < 1.29 is 9.26 Å². The van der Waals surface area contributed by atoms with Gasteiger partial charge >= 0.3 is 0 Å². The molecule has 0 fully saturated rings. The van der Waals surface area contributed by atoms with Crippen LogP contribution in [0, 0.1) is 6.92 Å². The molecule has 0 spiro atoms. The third-order valence-corrected chi connectivity index (χ3v) is 4.78. The van der Waals surface area contributed by atoms with Gasteiger partial charge in [-0.25, -0.2) is 4.98 Å². The lowest BCUT2D eigenvalue weighted by atomic mass is 10.1. The van der Waals surface area contributed by atoms with Crippen LogP contribution >= 0.6 is 0 Å². The fourth-order valence-electron chi connectivity index (χ4n) is 3.28. The van der Waals surface area contributed by atoms with Crippen molar-refractivity contribution in [3.63, 3.8) is 0 Å². The highest BCUT2D eigenvalue weighted by Crippen LogP contribution is 2.28. The minimum absolute atomic E-state index is 0.378. The number of hydrogen-bond acceptors (Lipinski definition) is 6. The Labute approximate surface area is 173 Å². The number of aromatic nitrogens is 5. The number of nitrogens with zero attached hydrogens (tertiary/aromatic N) is 5. The fourth-order valence-corrected chi connectivity index (χ4v) is 3.28. The van der Waals surface area contributed by atoms with E-state index in [1.807, 2.05) is 43.4 Å². The molecule has 0 atom stereocenters. The van der Waals surface area contributed by atoms with Crippen LogP contribution < -0.4 is 4.74 Å². The summed E-state index contributed by atoms with van der Waals surface area (Å²) >= 11 is 0. The number of para-hydroxylation sites is 1. The molecular weight excluding hydrogens is 378 g/mol. The summed E-state index contributed by atoms with van der Waals surface area (Å²) in [5.74, 6) is 1.42.